The molecule has 128 valence electrons. The zero-order valence-electron chi connectivity index (χ0n) is 14.7. The van der Waals surface area contributed by atoms with Gasteiger partial charge in [-0.25, -0.2) is 0 Å². The number of hydrogen-bond donors (Lipinski definition) is 1. The van der Waals surface area contributed by atoms with Gasteiger partial charge in [-0.3, -0.25) is 4.79 Å². The summed E-state index contributed by atoms with van der Waals surface area (Å²) in [4.78, 5) is 12.2. The summed E-state index contributed by atoms with van der Waals surface area (Å²) in [5.74, 6) is 1.42. The maximum Gasteiger partial charge on any atom is 0.261 e. The van der Waals surface area contributed by atoms with E-state index in [1.54, 1.807) is 6.92 Å². The minimum absolute atomic E-state index is 0.138. The monoisotopic (exact) mass is 327 g/mol. The van der Waals surface area contributed by atoms with Gasteiger partial charge in [0.25, 0.3) is 5.91 Å². The molecular weight excluding hydrogens is 302 g/mol. The summed E-state index contributed by atoms with van der Waals surface area (Å²) in [5.41, 5.74) is 2.03. The number of carbonyl (C=O) groups excluding carboxylic acids is 1. The van der Waals surface area contributed by atoms with Crippen molar-refractivity contribution in [1.29, 1.82) is 0 Å². The lowest BCUT2D eigenvalue weighted by atomic mass is 10.2. The molecule has 1 atom stereocenters. The maximum atomic E-state index is 12.2. The van der Waals surface area contributed by atoms with Crippen LogP contribution in [0.2, 0.25) is 0 Å². The van der Waals surface area contributed by atoms with E-state index in [9.17, 15) is 4.79 Å². The van der Waals surface area contributed by atoms with E-state index in [1.165, 1.54) is 0 Å². The second kappa shape index (κ2) is 8.39. The summed E-state index contributed by atoms with van der Waals surface area (Å²) in [6.07, 6.45) is -0.398. The van der Waals surface area contributed by atoms with Crippen molar-refractivity contribution in [2.24, 2.45) is 0 Å². The molecule has 0 aliphatic heterocycles. The molecule has 0 aliphatic carbocycles. The minimum atomic E-state index is -0.547. The summed E-state index contributed by atoms with van der Waals surface area (Å²) in [6.45, 7) is 8.15. The van der Waals surface area contributed by atoms with Crippen molar-refractivity contribution in [2.45, 2.75) is 46.4 Å². The van der Waals surface area contributed by atoms with E-state index in [2.05, 4.69) is 5.32 Å². The van der Waals surface area contributed by atoms with Gasteiger partial charge in [-0.05, 0) is 57.0 Å². The van der Waals surface area contributed by atoms with Crippen molar-refractivity contribution in [3.63, 3.8) is 0 Å². The first-order chi connectivity index (χ1) is 11.5. The third-order valence-corrected chi connectivity index (χ3v) is 3.53. The van der Waals surface area contributed by atoms with E-state index < -0.39 is 6.10 Å². The molecule has 1 amide bonds. The molecule has 2 aromatic rings. The lowest BCUT2D eigenvalue weighted by Gasteiger charge is -2.16. The molecule has 0 bridgehead atoms. The second-order valence-electron chi connectivity index (χ2n) is 6.05. The van der Waals surface area contributed by atoms with Gasteiger partial charge in [0, 0.05) is 6.54 Å². The van der Waals surface area contributed by atoms with Gasteiger partial charge in [0.2, 0.25) is 0 Å². The van der Waals surface area contributed by atoms with Crippen LogP contribution in [0.4, 0.5) is 0 Å². The van der Waals surface area contributed by atoms with E-state index in [1.807, 2.05) is 69.3 Å². The maximum absolute atomic E-state index is 12.2. The zero-order chi connectivity index (χ0) is 17.5. The Morgan fingerprint density at radius 3 is 2.29 bits per heavy atom. The summed E-state index contributed by atoms with van der Waals surface area (Å²) >= 11 is 0. The standard InChI is InChI=1S/C20H25NO3/c1-14(2)23-18-11-9-17(10-12-18)13-21-20(22)16(4)24-19-8-6-5-7-15(19)3/h5-12,14,16H,13H2,1-4H3,(H,21,22)/t16-/m0/s1. The van der Waals surface area contributed by atoms with Crippen LogP contribution in [0, 0.1) is 6.92 Å². The van der Waals surface area contributed by atoms with E-state index in [0.717, 1.165) is 22.6 Å². The Balaban J connectivity index is 1.85. The van der Waals surface area contributed by atoms with E-state index in [4.69, 9.17) is 9.47 Å². The van der Waals surface area contributed by atoms with Crippen molar-refractivity contribution in [3.8, 4) is 11.5 Å². The SMILES string of the molecule is Cc1ccccc1O[C@@H](C)C(=O)NCc1ccc(OC(C)C)cc1. The Morgan fingerprint density at radius 1 is 1.00 bits per heavy atom. The number of amides is 1. The Bertz CT molecular complexity index is 665. The number of carbonyl (C=O) groups is 1. The van der Waals surface area contributed by atoms with Crippen molar-refractivity contribution < 1.29 is 14.3 Å². The smallest absolute Gasteiger partial charge is 0.261 e. The first kappa shape index (κ1) is 17.9. The fourth-order valence-electron chi connectivity index (χ4n) is 2.22. The molecule has 4 heteroatoms. The summed E-state index contributed by atoms with van der Waals surface area (Å²) in [5, 5.41) is 2.89. The van der Waals surface area contributed by atoms with E-state index >= 15 is 0 Å². The molecule has 0 saturated carbocycles. The number of nitrogens with one attached hydrogen (secondary N) is 1. The Labute approximate surface area is 143 Å². The third-order valence-electron chi connectivity index (χ3n) is 3.53. The largest absolute Gasteiger partial charge is 0.491 e. The third kappa shape index (κ3) is 5.30. The predicted molar refractivity (Wildman–Crippen MR) is 95.3 cm³/mol. The highest BCUT2D eigenvalue weighted by Crippen LogP contribution is 2.18. The quantitative estimate of drug-likeness (QED) is 0.840. The Kier molecular flexibility index (Phi) is 6.24. The van der Waals surface area contributed by atoms with Crippen LogP contribution >= 0.6 is 0 Å². The van der Waals surface area contributed by atoms with Crippen molar-refractivity contribution in [2.75, 3.05) is 0 Å². The van der Waals surface area contributed by atoms with Gasteiger partial charge < -0.3 is 14.8 Å². The van der Waals surface area contributed by atoms with Gasteiger partial charge >= 0.3 is 0 Å². The fourth-order valence-corrected chi connectivity index (χ4v) is 2.22. The van der Waals surface area contributed by atoms with Crippen LogP contribution in [0.3, 0.4) is 0 Å². The van der Waals surface area contributed by atoms with Crippen LogP contribution in [-0.4, -0.2) is 18.1 Å². The second-order valence-corrected chi connectivity index (χ2v) is 6.05. The molecule has 2 rings (SSSR count). The lowest BCUT2D eigenvalue weighted by Crippen LogP contribution is -2.36. The van der Waals surface area contributed by atoms with Gasteiger partial charge in [-0.1, -0.05) is 30.3 Å². The predicted octanol–water partition coefficient (Wildman–Crippen LogP) is 3.87. The van der Waals surface area contributed by atoms with Crippen LogP contribution in [-0.2, 0) is 11.3 Å². The molecule has 0 aromatic heterocycles. The molecule has 0 saturated heterocycles. The van der Waals surface area contributed by atoms with Crippen LogP contribution < -0.4 is 14.8 Å². The van der Waals surface area contributed by atoms with Gasteiger partial charge in [-0.15, -0.1) is 0 Å². The summed E-state index contributed by atoms with van der Waals surface area (Å²) < 4.78 is 11.3. The topological polar surface area (TPSA) is 47.6 Å². The molecule has 1 N–H and O–H groups in total. The van der Waals surface area contributed by atoms with Crippen molar-refractivity contribution >= 4 is 5.91 Å². The van der Waals surface area contributed by atoms with Crippen LogP contribution in [0.25, 0.3) is 0 Å². The number of hydrogen-bond acceptors (Lipinski definition) is 3. The zero-order valence-corrected chi connectivity index (χ0v) is 14.7. The Morgan fingerprint density at radius 2 is 1.67 bits per heavy atom. The normalized spacial score (nSPS) is 11.9. The number of aryl methyl sites for hydroxylation is 1. The fraction of sp³-hybridized carbons (Fsp3) is 0.350. The molecule has 0 heterocycles. The summed E-state index contributed by atoms with van der Waals surface area (Å²) in [6, 6.07) is 15.4. The molecule has 2 aromatic carbocycles. The molecule has 4 nitrogen and oxygen atoms in total. The molecule has 0 unspecified atom stereocenters. The molecule has 0 aliphatic rings. The molecule has 24 heavy (non-hydrogen) atoms. The van der Waals surface area contributed by atoms with Crippen LogP contribution in [0.5, 0.6) is 11.5 Å². The highest BCUT2D eigenvalue weighted by molar-refractivity contribution is 5.80. The number of benzene rings is 2. The molecule has 0 spiro atoms. The van der Waals surface area contributed by atoms with Crippen molar-refractivity contribution in [1.82, 2.24) is 5.32 Å². The van der Waals surface area contributed by atoms with E-state index in [-0.39, 0.29) is 12.0 Å². The minimum Gasteiger partial charge on any atom is -0.491 e. The van der Waals surface area contributed by atoms with Gasteiger partial charge in [0.05, 0.1) is 6.10 Å². The first-order valence-corrected chi connectivity index (χ1v) is 8.21. The van der Waals surface area contributed by atoms with Crippen LogP contribution in [0.1, 0.15) is 31.9 Å². The van der Waals surface area contributed by atoms with Crippen LogP contribution in [0.15, 0.2) is 48.5 Å². The van der Waals surface area contributed by atoms with Gasteiger partial charge in [0.1, 0.15) is 11.5 Å². The number of rotatable bonds is 7. The highest BCUT2D eigenvalue weighted by Gasteiger charge is 2.15. The number of para-hydroxylation sites is 1. The van der Waals surface area contributed by atoms with E-state index in [0.29, 0.717) is 6.54 Å². The average molecular weight is 327 g/mol. The Hall–Kier alpha value is -2.49. The van der Waals surface area contributed by atoms with Crippen molar-refractivity contribution in [3.05, 3.63) is 59.7 Å². The summed E-state index contributed by atoms with van der Waals surface area (Å²) in [7, 11) is 0. The average Bonchev–Trinajstić information content (AvgIpc) is 2.55. The van der Waals surface area contributed by atoms with Gasteiger partial charge in [-0.2, -0.15) is 0 Å². The molecular formula is C20H25NO3. The lowest BCUT2D eigenvalue weighted by molar-refractivity contribution is -0.127. The highest BCUT2D eigenvalue weighted by atomic mass is 16.5. The van der Waals surface area contributed by atoms with Gasteiger partial charge in [0.15, 0.2) is 6.10 Å². The first-order valence-electron chi connectivity index (χ1n) is 8.21. The molecule has 0 radical (unpaired) electrons. The molecule has 0 fully saturated rings. The number of ether oxygens (including phenoxy) is 2.